The Bertz CT molecular complexity index is 321. The smallest absolute Gasteiger partial charge is 0.307 e. The summed E-state index contributed by atoms with van der Waals surface area (Å²) in [5.74, 6) is -0.282. The van der Waals surface area contributed by atoms with Gasteiger partial charge in [0.2, 0.25) is 0 Å². The standard InChI is InChI=1S/C8H11N3O3/c1-2-14-8(13)3-4-11-5-7(6-12)9-10-11/h5-6H,2-4H2,1H3. The molecule has 0 saturated heterocycles. The summed E-state index contributed by atoms with van der Waals surface area (Å²) in [6.07, 6.45) is 2.32. The second-order valence-corrected chi connectivity index (χ2v) is 2.58. The van der Waals surface area contributed by atoms with E-state index in [-0.39, 0.29) is 18.1 Å². The predicted molar refractivity (Wildman–Crippen MR) is 46.7 cm³/mol. The Morgan fingerprint density at radius 2 is 2.50 bits per heavy atom. The lowest BCUT2D eigenvalue weighted by Crippen LogP contribution is -2.09. The Morgan fingerprint density at radius 3 is 3.07 bits per heavy atom. The SMILES string of the molecule is CCOC(=O)CCn1cc(C=O)nn1. The van der Waals surface area contributed by atoms with Gasteiger partial charge < -0.3 is 4.74 Å². The van der Waals surface area contributed by atoms with Crippen LogP contribution in [-0.4, -0.2) is 33.9 Å². The lowest BCUT2D eigenvalue weighted by atomic mass is 10.4. The van der Waals surface area contributed by atoms with E-state index in [9.17, 15) is 9.59 Å². The molecule has 0 aromatic carbocycles. The van der Waals surface area contributed by atoms with E-state index in [4.69, 9.17) is 4.74 Å². The third-order valence-corrected chi connectivity index (χ3v) is 1.53. The molecule has 76 valence electrons. The van der Waals surface area contributed by atoms with Gasteiger partial charge in [0.05, 0.1) is 25.8 Å². The van der Waals surface area contributed by atoms with E-state index < -0.39 is 0 Å². The number of aldehydes is 1. The minimum atomic E-state index is -0.282. The van der Waals surface area contributed by atoms with Crippen molar-refractivity contribution in [2.75, 3.05) is 6.61 Å². The molecule has 0 atom stereocenters. The number of esters is 1. The van der Waals surface area contributed by atoms with Gasteiger partial charge in [-0.3, -0.25) is 14.3 Å². The number of carbonyl (C=O) groups excluding carboxylic acids is 2. The highest BCUT2D eigenvalue weighted by Gasteiger charge is 2.03. The van der Waals surface area contributed by atoms with Crippen molar-refractivity contribution in [3.8, 4) is 0 Å². The first-order valence-corrected chi connectivity index (χ1v) is 4.27. The van der Waals surface area contributed by atoms with Crippen LogP contribution in [0.5, 0.6) is 0 Å². The van der Waals surface area contributed by atoms with Gasteiger partial charge in [0.25, 0.3) is 0 Å². The van der Waals surface area contributed by atoms with Gasteiger partial charge in [-0.2, -0.15) is 0 Å². The summed E-state index contributed by atoms with van der Waals surface area (Å²) in [7, 11) is 0. The van der Waals surface area contributed by atoms with Crippen molar-refractivity contribution in [1.82, 2.24) is 15.0 Å². The largest absolute Gasteiger partial charge is 0.466 e. The second-order valence-electron chi connectivity index (χ2n) is 2.58. The molecule has 0 amide bonds. The van der Waals surface area contributed by atoms with Crippen molar-refractivity contribution in [2.24, 2.45) is 0 Å². The summed E-state index contributed by atoms with van der Waals surface area (Å²) in [6, 6.07) is 0. The second kappa shape index (κ2) is 5.11. The number of carbonyl (C=O) groups is 2. The monoisotopic (exact) mass is 197 g/mol. The van der Waals surface area contributed by atoms with Crippen LogP contribution in [0.4, 0.5) is 0 Å². The molecule has 6 heteroatoms. The van der Waals surface area contributed by atoms with Crippen molar-refractivity contribution in [3.63, 3.8) is 0 Å². The first-order valence-electron chi connectivity index (χ1n) is 4.27. The fourth-order valence-electron chi connectivity index (χ4n) is 0.916. The molecule has 0 saturated carbocycles. The van der Waals surface area contributed by atoms with E-state index in [1.165, 1.54) is 10.9 Å². The number of ether oxygens (including phenoxy) is 1. The predicted octanol–water partition coefficient (Wildman–Crippen LogP) is 0.0438. The fraction of sp³-hybridized carbons (Fsp3) is 0.500. The maximum atomic E-state index is 10.9. The number of aromatic nitrogens is 3. The molecule has 1 heterocycles. The highest BCUT2D eigenvalue weighted by Crippen LogP contribution is 1.93. The topological polar surface area (TPSA) is 74.1 Å². The Kier molecular flexibility index (Phi) is 3.78. The van der Waals surface area contributed by atoms with E-state index in [0.717, 1.165) is 0 Å². The van der Waals surface area contributed by atoms with Gasteiger partial charge >= 0.3 is 5.97 Å². The zero-order chi connectivity index (χ0) is 10.4. The van der Waals surface area contributed by atoms with Crippen molar-refractivity contribution in [3.05, 3.63) is 11.9 Å². The molecule has 1 aromatic rings. The maximum Gasteiger partial charge on any atom is 0.307 e. The molecule has 0 N–H and O–H groups in total. The van der Waals surface area contributed by atoms with Crippen LogP contribution in [0.1, 0.15) is 23.8 Å². The molecule has 0 aliphatic heterocycles. The van der Waals surface area contributed by atoms with Crippen LogP contribution in [-0.2, 0) is 16.1 Å². The van der Waals surface area contributed by atoms with Crippen molar-refractivity contribution in [2.45, 2.75) is 19.9 Å². The number of nitrogens with zero attached hydrogens (tertiary/aromatic N) is 3. The van der Waals surface area contributed by atoms with E-state index in [0.29, 0.717) is 19.4 Å². The van der Waals surface area contributed by atoms with E-state index >= 15 is 0 Å². The highest BCUT2D eigenvalue weighted by molar-refractivity contribution is 5.71. The fourth-order valence-corrected chi connectivity index (χ4v) is 0.916. The molecule has 0 unspecified atom stereocenters. The van der Waals surface area contributed by atoms with Gasteiger partial charge in [-0.15, -0.1) is 5.10 Å². The van der Waals surface area contributed by atoms with Crippen molar-refractivity contribution >= 4 is 12.3 Å². The average Bonchev–Trinajstić information content (AvgIpc) is 2.63. The molecule has 0 bridgehead atoms. The molecule has 0 spiro atoms. The summed E-state index contributed by atoms with van der Waals surface area (Å²) >= 11 is 0. The lowest BCUT2D eigenvalue weighted by Gasteiger charge is -2.00. The van der Waals surface area contributed by atoms with Crippen LogP contribution >= 0.6 is 0 Å². The van der Waals surface area contributed by atoms with Gasteiger partial charge in [-0.25, -0.2) is 0 Å². The quantitative estimate of drug-likeness (QED) is 0.492. The number of aryl methyl sites for hydroxylation is 1. The molecule has 0 aliphatic carbocycles. The Morgan fingerprint density at radius 1 is 1.71 bits per heavy atom. The summed E-state index contributed by atoms with van der Waals surface area (Å²) < 4.78 is 6.16. The van der Waals surface area contributed by atoms with Crippen LogP contribution in [0, 0.1) is 0 Å². The molecular formula is C8H11N3O3. The molecule has 0 radical (unpaired) electrons. The number of hydrogen-bond acceptors (Lipinski definition) is 5. The summed E-state index contributed by atoms with van der Waals surface area (Å²) in [6.45, 7) is 2.49. The molecule has 1 rings (SSSR count). The molecule has 14 heavy (non-hydrogen) atoms. The Labute approximate surface area is 80.9 Å². The summed E-state index contributed by atoms with van der Waals surface area (Å²) in [4.78, 5) is 21.2. The molecule has 6 nitrogen and oxygen atoms in total. The van der Waals surface area contributed by atoms with Gasteiger partial charge in [0.15, 0.2) is 6.29 Å². The van der Waals surface area contributed by atoms with Gasteiger partial charge in [-0.05, 0) is 6.92 Å². The van der Waals surface area contributed by atoms with Crippen molar-refractivity contribution in [1.29, 1.82) is 0 Å². The van der Waals surface area contributed by atoms with Gasteiger partial charge in [0, 0.05) is 0 Å². The minimum Gasteiger partial charge on any atom is -0.466 e. The normalized spacial score (nSPS) is 9.79. The van der Waals surface area contributed by atoms with Crippen LogP contribution in [0.15, 0.2) is 6.20 Å². The lowest BCUT2D eigenvalue weighted by molar-refractivity contribution is -0.143. The van der Waals surface area contributed by atoms with E-state index in [2.05, 4.69) is 10.3 Å². The maximum absolute atomic E-state index is 10.9. The zero-order valence-corrected chi connectivity index (χ0v) is 7.84. The molecule has 0 aliphatic rings. The summed E-state index contributed by atoms with van der Waals surface area (Å²) in [5, 5.41) is 7.20. The van der Waals surface area contributed by atoms with E-state index in [1.807, 2.05) is 0 Å². The Hall–Kier alpha value is -1.72. The molecular weight excluding hydrogens is 186 g/mol. The van der Waals surface area contributed by atoms with Crippen LogP contribution in [0.25, 0.3) is 0 Å². The van der Waals surface area contributed by atoms with Crippen LogP contribution in [0.3, 0.4) is 0 Å². The third kappa shape index (κ3) is 2.96. The van der Waals surface area contributed by atoms with E-state index in [1.54, 1.807) is 6.92 Å². The number of rotatable bonds is 5. The number of hydrogen-bond donors (Lipinski definition) is 0. The average molecular weight is 197 g/mol. The van der Waals surface area contributed by atoms with Crippen LogP contribution < -0.4 is 0 Å². The van der Waals surface area contributed by atoms with Crippen LogP contribution in [0.2, 0.25) is 0 Å². The Balaban J connectivity index is 2.37. The zero-order valence-electron chi connectivity index (χ0n) is 7.84. The minimum absolute atomic E-state index is 0.232. The third-order valence-electron chi connectivity index (χ3n) is 1.53. The molecule has 0 fully saturated rings. The first-order chi connectivity index (χ1) is 6.76. The van der Waals surface area contributed by atoms with Gasteiger partial charge in [-0.1, -0.05) is 5.21 Å². The first kappa shape index (κ1) is 10.4. The molecule has 1 aromatic heterocycles. The van der Waals surface area contributed by atoms with Gasteiger partial charge in [0.1, 0.15) is 5.69 Å². The summed E-state index contributed by atoms with van der Waals surface area (Å²) in [5.41, 5.74) is 0.258. The van der Waals surface area contributed by atoms with Crippen molar-refractivity contribution < 1.29 is 14.3 Å². The highest BCUT2D eigenvalue weighted by atomic mass is 16.5.